The van der Waals surface area contributed by atoms with Crippen LogP contribution in [0.2, 0.25) is 0 Å². The fourth-order valence-electron chi connectivity index (χ4n) is 4.24. The monoisotopic (exact) mass is 383 g/mol. The normalized spacial score (nSPS) is 24.8. The third-order valence-electron chi connectivity index (χ3n) is 5.49. The molecule has 0 spiro atoms. The van der Waals surface area contributed by atoms with Crippen molar-refractivity contribution in [3.63, 3.8) is 0 Å². The Bertz CT molecular complexity index is 822. The second-order valence-electron chi connectivity index (χ2n) is 7.19. The van der Waals surface area contributed by atoms with Crippen LogP contribution >= 0.6 is 11.3 Å². The van der Waals surface area contributed by atoms with Crippen molar-refractivity contribution in [2.45, 2.75) is 12.5 Å². The van der Waals surface area contributed by atoms with Crippen LogP contribution in [-0.2, 0) is 0 Å². The average molecular weight is 383 g/mol. The lowest BCUT2D eigenvalue weighted by Gasteiger charge is -2.26. The highest BCUT2D eigenvalue weighted by atomic mass is 32.1. The largest absolute Gasteiger partial charge is 0.364 e. The van der Waals surface area contributed by atoms with Crippen LogP contribution in [-0.4, -0.2) is 53.8 Å². The van der Waals surface area contributed by atoms with Gasteiger partial charge in [0.2, 0.25) is 0 Å². The number of Topliss-reactive ketones (excluding diaryl/α,β-unsaturated/α-hetero) is 1. The molecule has 1 radical (unpaired) electrons. The van der Waals surface area contributed by atoms with Crippen LogP contribution in [0.4, 0.5) is 0 Å². The minimum atomic E-state index is -0.583. The number of thiazole rings is 1. The molecule has 4 rings (SSSR count). The number of carbonyl (C=O) groups is 2. The van der Waals surface area contributed by atoms with Crippen LogP contribution in [0.25, 0.3) is 0 Å². The Hall–Kier alpha value is -2.09. The van der Waals surface area contributed by atoms with E-state index in [9.17, 15) is 9.59 Å². The first-order chi connectivity index (χ1) is 13.1. The maximum absolute atomic E-state index is 13.2. The number of amides is 1. The summed E-state index contributed by atoms with van der Waals surface area (Å²) < 4.78 is 0. The number of hydrogen-bond acceptors (Lipinski definition) is 6. The molecule has 3 atom stereocenters. The van der Waals surface area contributed by atoms with Crippen LogP contribution in [0, 0.1) is 18.3 Å². The van der Waals surface area contributed by atoms with Crippen LogP contribution < -0.4 is 11.1 Å². The Morgan fingerprint density at radius 3 is 2.85 bits per heavy atom. The predicted octanol–water partition coefficient (Wildman–Crippen LogP) is 1.59. The number of hydrogen-bond donors (Lipinski definition) is 2. The Morgan fingerprint density at radius 2 is 2.11 bits per heavy atom. The van der Waals surface area contributed by atoms with E-state index in [1.807, 2.05) is 18.2 Å². The van der Waals surface area contributed by atoms with Crippen molar-refractivity contribution in [2.75, 3.05) is 26.2 Å². The summed E-state index contributed by atoms with van der Waals surface area (Å²) >= 11 is 1.14. The zero-order valence-corrected chi connectivity index (χ0v) is 15.8. The lowest BCUT2D eigenvalue weighted by molar-refractivity contribution is 0.0830. The second-order valence-corrected chi connectivity index (χ2v) is 8.05. The van der Waals surface area contributed by atoms with E-state index in [0.717, 1.165) is 43.9 Å². The first-order valence-electron chi connectivity index (χ1n) is 9.26. The molecule has 2 aromatic rings. The Kier molecular flexibility index (Phi) is 5.33. The van der Waals surface area contributed by atoms with Gasteiger partial charge in [0.05, 0.1) is 6.04 Å². The molecular weight excluding hydrogens is 360 g/mol. The third kappa shape index (κ3) is 3.81. The van der Waals surface area contributed by atoms with Crippen molar-refractivity contribution in [1.29, 1.82) is 0 Å². The van der Waals surface area contributed by atoms with Gasteiger partial charge in [0, 0.05) is 18.5 Å². The number of nitrogens with two attached hydrogens (primary N) is 1. The fourth-order valence-corrected chi connectivity index (χ4v) is 4.90. The SMILES string of the molecule is NC(=O)c1nc(C(=O)[C@@H]2[C@@H]3CNCC3CN2CC[CH]c2ccccc2)cs1. The number of fused-ring (bicyclic) bond motifs is 1. The summed E-state index contributed by atoms with van der Waals surface area (Å²) in [7, 11) is 0. The Labute approximate surface area is 162 Å². The molecule has 3 heterocycles. The van der Waals surface area contributed by atoms with Gasteiger partial charge in [-0.3, -0.25) is 14.5 Å². The van der Waals surface area contributed by atoms with Crippen LogP contribution in [0.5, 0.6) is 0 Å². The highest BCUT2D eigenvalue weighted by molar-refractivity contribution is 7.11. The average Bonchev–Trinajstić information content (AvgIpc) is 3.38. The number of nitrogens with zero attached hydrogens (tertiary/aromatic N) is 2. The Morgan fingerprint density at radius 1 is 1.30 bits per heavy atom. The van der Waals surface area contributed by atoms with Gasteiger partial charge in [-0.2, -0.15) is 0 Å². The quantitative estimate of drug-likeness (QED) is 0.709. The van der Waals surface area contributed by atoms with Gasteiger partial charge in [0.15, 0.2) is 10.8 Å². The number of likely N-dealkylation sites (tertiary alicyclic amines) is 1. The van der Waals surface area contributed by atoms with Gasteiger partial charge in [0.1, 0.15) is 5.69 Å². The van der Waals surface area contributed by atoms with Gasteiger partial charge in [0.25, 0.3) is 5.91 Å². The standard InChI is InChI=1S/C20H23N4O2S/c21-19(26)20-23-16(12-27-20)18(25)17-15-10-22-9-14(15)11-24(17)8-4-7-13-5-2-1-3-6-13/h1-3,5-7,12,14-15,17,22H,4,8-11H2,(H2,21,26)/t14?,15-,17+/m1/s1. The molecular formula is C20H23N4O2S. The van der Waals surface area contributed by atoms with Crippen molar-refractivity contribution >= 4 is 23.0 Å². The molecule has 27 heavy (non-hydrogen) atoms. The smallest absolute Gasteiger partial charge is 0.277 e. The molecule has 2 fully saturated rings. The lowest BCUT2D eigenvalue weighted by atomic mass is 9.91. The van der Waals surface area contributed by atoms with Crippen LogP contribution in [0.15, 0.2) is 35.7 Å². The van der Waals surface area contributed by atoms with Crippen molar-refractivity contribution < 1.29 is 9.59 Å². The molecule has 0 saturated carbocycles. The van der Waals surface area contributed by atoms with E-state index in [-0.39, 0.29) is 16.8 Å². The molecule has 1 aromatic carbocycles. The molecule has 141 valence electrons. The first-order valence-corrected chi connectivity index (χ1v) is 10.1. The molecule has 2 aliphatic heterocycles. The van der Waals surface area contributed by atoms with Crippen molar-refractivity contribution in [3.05, 3.63) is 58.4 Å². The molecule has 0 bridgehead atoms. The maximum Gasteiger partial charge on any atom is 0.277 e. The molecule has 1 unspecified atom stereocenters. The van der Waals surface area contributed by atoms with E-state index in [1.165, 1.54) is 5.56 Å². The highest BCUT2D eigenvalue weighted by Crippen LogP contribution is 2.34. The molecule has 0 aliphatic carbocycles. The van der Waals surface area contributed by atoms with E-state index in [4.69, 9.17) is 5.73 Å². The molecule has 1 amide bonds. The van der Waals surface area contributed by atoms with Gasteiger partial charge in [-0.05, 0) is 43.3 Å². The summed E-state index contributed by atoms with van der Waals surface area (Å²) in [4.78, 5) is 31.0. The number of carbonyl (C=O) groups excluding carboxylic acids is 2. The highest BCUT2D eigenvalue weighted by Gasteiger charge is 2.47. The second kappa shape index (κ2) is 7.88. The summed E-state index contributed by atoms with van der Waals surface area (Å²) in [6.07, 6.45) is 3.10. The summed E-state index contributed by atoms with van der Waals surface area (Å²) in [6, 6.07) is 10.1. The number of aromatic nitrogens is 1. The molecule has 1 aromatic heterocycles. The fraction of sp³-hybridized carbons (Fsp3) is 0.400. The van der Waals surface area contributed by atoms with Gasteiger partial charge < -0.3 is 11.1 Å². The number of ketones is 1. The minimum Gasteiger partial charge on any atom is -0.364 e. The van der Waals surface area contributed by atoms with Crippen molar-refractivity contribution in [1.82, 2.24) is 15.2 Å². The predicted molar refractivity (Wildman–Crippen MR) is 105 cm³/mol. The zero-order valence-electron chi connectivity index (χ0n) is 15.0. The number of nitrogens with one attached hydrogen (secondary N) is 1. The van der Waals surface area contributed by atoms with E-state index in [1.54, 1.807) is 5.38 Å². The van der Waals surface area contributed by atoms with E-state index in [2.05, 4.69) is 33.8 Å². The Balaban J connectivity index is 1.46. The molecule has 2 aliphatic rings. The number of benzene rings is 1. The summed E-state index contributed by atoms with van der Waals surface area (Å²) in [5, 5.41) is 5.26. The van der Waals surface area contributed by atoms with Gasteiger partial charge in [-0.1, -0.05) is 30.3 Å². The van der Waals surface area contributed by atoms with Crippen LogP contribution in [0.3, 0.4) is 0 Å². The maximum atomic E-state index is 13.2. The van der Waals surface area contributed by atoms with Crippen molar-refractivity contribution in [2.24, 2.45) is 17.6 Å². The molecule has 2 saturated heterocycles. The molecule has 6 nitrogen and oxygen atoms in total. The van der Waals surface area contributed by atoms with Crippen LogP contribution in [0.1, 0.15) is 32.3 Å². The zero-order chi connectivity index (χ0) is 18.8. The van der Waals surface area contributed by atoms with E-state index in [0.29, 0.717) is 17.5 Å². The summed E-state index contributed by atoms with van der Waals surface area (Å²) in [5.74, 6) is 0.215. The van der Waals surface area contributed by atoms with Gasteiger partial charge >= 0.3 is 0 Å². The van der Waals surface area contributed by atoms with Gasteiger partial charge in [-0.15, -0.1) is 11.3 Å². The molecule has 3 N–H and O–H groups in total. The minimum absolute atomic E-state index is 0.00895. The van der Waals surface area contributed by atoms with E-state index < -0.39 is 5.91 Å². The van der Waals surface area contributed by atoms with Gasteiger partial charge in [-0.25, -0.2) is 4.98 Å². The lowest BCUT2D eigenvalue weighted by Crippen LogP contribution is -2.42. The third-order valence-corrected chi connectivity index (χ3v) is 6.35. The van der Waals surface area contributed by atoms with E-state index >= 15 is 0 Å². The number of rotatable bonds is 7. The number of primary amides is 1. The summed E-state index contributed by atoms with van der Waals surface area (Å²) in [5.41, 5.74) is 6.85. The summed E-state index contributed by atoms with van der Waals surface area (Å²) in [6.45, 7) is 3.57. The topological polar surface area (TPSA) is 88.3 Å². The molecule has 7 heteroatoms. The van der Waals surface area contributed by atoms with Crippen molar-refractivity contribution in [3.8, 4) is 0 Å². The first kappa shape index (κ1) is 18.3.